The van der Waals surface area contributed by atoms with Gasteiger partial charge in [0.05, 0.1) is 19.5 Å². The maximum atomic E-state index is 12.3. The number of phosphoric ester groups is 1. The number of phosphoric acid groups is 1. The van der Waals surface area contributed by atoms with E-state index in [1.165, 1.54) is 83.5 Å². The van der Waals surface area contributed by atoms with Gasteiger partial charge in [0.2, 0.25) is 0 Å². The van der Waals surface area contributed by atoms with Crippen LogP contribution in [0.5, 0.6) is 0 Å². The highest BCUT2D eigenvalue weighted by molar-refractivity contribution is 7.47. The van der Waals surface area contributed by atoms with Crippen LogP contribution in [0.2, 0.25) is 0 Å². The Labute approximate surface area is 282 Å². The Morgan fingerprint density at radius 3 is 1.67 bits per heavy atom. The molecule has 0 saturated carbocycles. The van der Waals surface area contributed by atoms with Gasteiger partial charge in [0, 0.05) is 13.0 Å². The van der Waals surface area contributed by atoms with Crippen molar-refractivity contribution in [3.63, 3.8) is 0 Å². The molecule has 0 radical (unpaired) electrons. The number of esters is 1. The van der Waals surface area contributed by atoms with Gasteiger partial charge < -0.3 is 20.1 Å². The number of unbranched alkanes of at least 4 members (excludes halogenated alkanes) is 18. The van der Waals surface area contributed by atoms with Crippen molar-refractivity contribution in [3.05, 3.63) is 36.6 Å². The summed E-state index contributed by atoms with van der Waals surface area (Å²) in [5.41, 5.74) is 5.34. The molecule has 2 atom stereocenters. The Balaban J connectivity index is 4.19. The van der Waals surface area contributed by atoms with Crippen molar-refractivity contribution >= 4 is 13.8 Å². The Bertz CT molecular complexity index is 803. The van der Waals surface area contributed by atoms with Gasteiger partial charge >= 0.3 is 13.8 Å². The van der Waals surface area contributed by atoms with Gasteiger partial charge in [0.15, 0.2) is 6.10 Å². The van der Waals surface area contributed by atoms with E-state index in [2.05, 4.69) is 38.2 Å². The lowest BCUT2D eigenvalue weighted by atomic mass is 10.1. The SMILES string of the molecule is CCCCC=CCCCCCCCC(=O)OC[C@H](COP(=O)(O)OCCN)OC=CCCCCCCC=CCCCCCCCC. The van der Waals surface area contributed by atoms with Crippen molar-refractivity contribution in [2.75, 3.05) is 26.4 Å². The molecule has 0 aliphatic heterocycles. The monoisotopic (exact) mass is 671 g/mol. The molecule has 0 aromatic rings. The summed E-state index contributed by atoms with van der Waals surface area (Å²) in [4.78, 5) is 22.1. The summed E-state index contributed by atoms with van der Waals surface area (Å²) in [6.45, 7) is 4.14. The molecule has 0 aromatic heterocycles. The van der Waals surface area contributed by atoms with Crippen LogP contribution in [-0.4, -0.2) is 43.3 Å². The van der Waals surface area contributed by atoms with Crippen molar-refractivity contribution in [3.8, 4) is 0 Å². The predicted octanol–water partition coefficient (Wildman–Crippen LogP) is 10.6. The third kappa shape index (κ3) is 33.9. The minimum Gasteiger partial charge on any atom is -0.492 e. The zero-order chi connectivity index (χ0) is 33.8. The van der Waals surface area contributed by atoms with Gasteiger partial charge in [-0.2, -0.15) is 0 Å². The molecule has 0 saturated heterocycles. The highest BCUT2D eigenvalue weighted by atomic mass is 31.2. The van der Waals surface area contributed by atoms with Crippen LogP contribution in [0.15, 0.2) is 36.6 Å². The van der Waals surface area contributed by atoms with Crippen LogP contribution in [0.4, 0.5) is 0 Å². The van der Waals surface area contributed by atoms with Gasteiger partial charge in [-0.05, 0) is 70.3 Å². The molecule has 270 valence electrons. The van der Waals surface area contributed by atoms with Gasteiger partial charge in [-0.25, -0.2) is 4.57 Å². The molecule has 0 aliphatic carbocycles. The summed E-state index contributed by atoms with van der Waals surface area (Å²) in [7, 11) is -4.26. The Hall–Kier alpha value is -1.44. The first-order valence-electron chi connectivity index (χ1n) is 18.5. The van der Waals surface area contributed by atoms with Crippen LogP contribution in [-0.2, 0) is 27.9 Å². The molecule has 0 amide bonds. The van der Waals surface area contributed by atoms with Crippen LogP contribution in [0, 0.1) is 0 Å². The molecule has 0 heterocycles. The van der Waals surface area contributed by atoms with E-state index in [1.807, 2.05) is 6.08 Å². The van der Waals surface area contributed by atoms with E-state index >= 15 is 0 Å². The molecule has 0 bridgehead atoms. The van der Waals surface area contributed by atoms with Crippen molar-refractivity contribution in [1.29, 1.82) is 0 Å². The summed E-state index contributed by atoms with van der Waals surface area (Å²) in [6, 6.07) is 0. The van der Waals surface area contributed by atoms with Crippen LogP contribution >= 0.6 is 7.82 Å². The molecule has 0 aliphatic rings. The molecular weight excluding hydrogens is 601 g/mol. The number of nitrogens with two attached hydrogens (primary N) is 1. The van der Waals surface area contributed by atoms with E-state index in [1.54, 1.807) is 6.26 Å². The van der Waals surface area contributed by atoms with Crippen LogP contribution in [0.1, 0.15) is 162 Å². The molecule has 0 aromatic carbocycles. The summed E-state index contributed by atoms with van der Waals surface area (Å²) in [5, 5.41) is 0. The number of allylic oxidation sites excluding steroid dienone is 5. The second kappa shape index (κ2) is 34.9. The predicted molar refractivity (Wildman–Crippen MR) is 192 cm³/mol. The number of hydrogen-bond acceptors (Lipinski definition) is 7. The third-order valence-corrected chi connectivity index (χ3v) is 8.60. The van der Waals surface area contributed by atoms with Crippen molar-refractivity contribution in [2.24, 2.45) is 5.73 Å². The van der Waals surface area contributed by atoms with Gasteiger partial charge in [-0.1, -0.05) is 115 Å². The first kappa shape index (κ1) is 44.6. The molecular formula is C37H70NO7P. The van der Waals surface area contributed by atoms with E-state index in [4.69, 9.17) is 24.3 Å². The second-order valence-corrected chi connectivity index (χ2v) is 13.6. The largest absolute Gasteiger partial charge is 0.492 e. The average Bonchev–Trinajstić information content (AvgIpc) is 3.05. The number of rotatable bonds is 35. The summed E-state index contributed by atoms with van der Waals surface area (Å²) < 4.78 is 33.0. The smallest absolute Gasteiger partial charge is 0.472 e. The first-order valence-corrected chi connectivity index (χ1v) is 20.0. The van der Waals surface area contributed by atoms with Crippen molar-refractivity contribution in [2.45, 2.75) is 168 Å². The van der Waals surface area contributed by atoms with E-state index in [9.17, 15) is 14.3 Å². The van der Waals surface area contributed by atoms with Crippen LogP contribution in [0.25, 0.3) is 0 Å². The van der Waals surface area contributed by atoms with E-state index < -0.39 is 13.9 Å². The quantitative estimate of drug-likeness (QED) is 0.0225. The molecule has 0 spiro atoms. The zero-order valence-electron chi connectivity index (χ0n) is 29.6. The number of hydrogen-bond donors (Lipinski definition) is 2. The maximum absolute atomic E-state index is 12.3. The van der Waals surface area contributed by atoms with Crippen LogP contribution < -0.4 is 5.73 Å². The molecule has 9 heteroatoms. The molecule has 8 nitrogen and oxygen atoms in total. The molecule has 1 unspecified atom stereocenters. The number of carbonyl (C=O) groups excluding carboxylic acids is 1. The lowest BCUT2D eigenvalue weighted by molar-refractivity contribution is -0.147. The minimum absolute atomic E-state index is 0.0726. The summed E-state index contributed by atoms with van der Waals surface area (Å²) in [6.07, 6.45) is 38.3. The number of carbonyl (C=O) groups is 1. The van der Waals surface area contributed by atoms with Gasteiger partial charge in [0.25, 0.3) is 0 Å². The topological polar surface area (TPSA) is 117 Å². The highest BCUT2D eigenvalue weighted by Crippen LogP contribution is 2.43. The van der Waals surface area contributed by atoms with Gasteiger partial charge in [0.1, 0.15) is 6.61 Å². The van der Waals surface area contributed by atoms with Crippen molar-refractivity contribution in [1.82, 2.24) is 0 Å². The average molecular weight is 672 g/mol. The second-order valence-electron chi connectivity index (χ2n) is 12.1. The standard InChI is InChI=1S/C37H70NO7P/c1-3-5-7-9-11-13-15-16-17-18-19-21-23-25-27-29-32-42-36(35-45-46(40,41)44-33-31-38)34-43-37(39)30-28-26-24-22-20-14-12-10-8-6-4-2/h10,12,16-17,29,32,36H,3-9,11,13-15,18-28,30-31,33-35,38H2,1-2H3,(H,40,41)/t36-/m1/s1. The molecule has 0 fully saturated rings. The normalized spacial score (nSPS) is 14.0. The fourth-order valence-corrected chi connectivity index (χ4v) is 5.54. The Morgan fingerprint density at radius 2 is 1.13 bits per heavy atom. The highest BCUT2D eigenvalue weighted by Gasteiger charge is 2.24. The molecule has 46 heavy (non-hydrogen) atoms. The van der Waals surface area contributed by atoms with Gasteiger partial charge in [-0.3, -0.25) is 13.8 Å². The Kier molecular flexibility index (Phi) is 33.8. The van der Waals surface area contributed by atoms with E-state index in [-0.39, 0.29) is 32.3 Å². The van der Waals surface area contributed by atoms with Crippen LogP contribution in [0.3, 0.4) is 0 Å². The fourth-order valence-electron chi connectivity index (χ4n) is 4.78. The molecule has 3 N–H and O–H groups in total. The van der Waals surface area contributed by atoms with Crippen molar-refractivity contribution < 1.29 is 32.8 Å². The summed E-state index contributed by atoms with van der Waals surface area (Å²) >= 11 is 0. The van der Waals surface area contributed by atoms with E-state index in [0.29, 0.717) is 6.42 Å². The summed E-state index contributed by atoms with van der Waals surface area (Å²) in [5.74, 6) is -0.305. The first-order chi connectivity index (χ1) is 22.4. The molecule has 0 rings (SSSR count). The Morgan fingerprint density at radius 1 is 0.652 bits per heavy atom. The minimum atomic E-state index is -4.26. The number of ether oxygens (including phenoxy) is 2. The third-order valence-electron chi connectivity index (χ3n) is 7.62. The lowest BCUT2D eigenvalue weighted by Crippen LogP contribution is -2.25. The lowest BCUT2D eigenvalue weighted by Gasteiger charge is -2.19. The zero-order valence-corrected chi connectivity index (χ0v) is 30.4. The maximum Gasteiger partial charge on any atom is 0.472 e. The van der Waals surface area contributed by atoms with E-state index in [0.717, 1.165) is 57.8 Å². The van der Waals surface area contributed by atoms with Gasteiger partial charge in [-0.15, -0.1) is 0 Å². The fraction of sp³-hybridized carbons (Fsp3) is 0.811.